The van der Waals surface area contributed by atoms with E-state index in [1.807, 2.05) is 0 Å². The van der Waals surface area contributed by atoms with Gasteiger partial charge in [-0.15, -0.1) is 0 Å². The molecule has 4 aromatic carbocycles. The molecule has 0 amide bonds. The molecule has 0 radical (unpaired) electrons. The second kappa shape index (κ2) is 9.37. The average Bonchev–Trinajstić information content (AvgIpc) is 3.64. The van der Waals surface area contributed by atoms with Crippen LogP contribution in [0.1, 0.15) is 0 Å². The average molecular weight is 627 g/mol. The zero-order valence-corrected chi connectivity index (χ0v) is 24.4. The second-order valence-corrected chi connectivity index (χ2v) is 11.2. The van der Waals surface area contributed by atoms with Gasteiger partial charge in [0.2, 0.25) is 0 Å². The Hall–Kier alpha value is -6.76. The van der Waals surface area contributed by atoms with Gasteiger partial charge in [-0.05, 0) is 72.8 Å². The zero-order valence-electron chi connectivity index (χ0n) is 24.4. The first kappa shape index (κ1) is 27.8. The van der Waals surface area contributed by atoms with Crippen molar-refractivity contribution in [2.75, 3.05) is 0 Å². The fourth-order valence-corrected chi connectivity index (χ4v) is 6.12. The number of aromatic nitrogens is 4. The minimum absolute atomic E-state index is 0.0300. The van der Waals surface area contributed by atoms with Gasteiger partial charge in [0, 0.05) is 14.1 Å². The number of nitrogens with zero attached hydrogens (tertiary/aromatic N) is 4. The lowest BCUT2D eigenvalue weighted by Crippen LogP contribution is -2.23. The molecule has 0 aliphatic rings. The Kier molecular flexibility index (Phi) is 5.54. The highest BCUT2D eigenvalue weighted by Gasteiger charge is 2.21. The van der Waals surface area contributed by atoms with Gasteiger partial charge in [-0.1, -0.05) is 0 Å². The summed E-state index contributed by atoms with van der Waals surface area (Å²) in [5.41, 5.74) is -4.20. The van der Waals surface area contributed by atoms with E-state index in [2.05, 4.69) is 0 Å². The van der Waals surface area contributed by atoms with E-state index in [4.69, 9.17) is 4.74 Å². The van der Waals surface area contributed by atoms with E-state index in [0.717, 1.165) is 18.3 Å². The van der Waals surface area contributed by atoms with E-state index < -0.39 is 44.5 Å². The third-order valence-electron chi connectivity index (χ3n) is 8.62. The third kappa shape index (κ3) is 3.70. The number of fused-ring (bicyclic) bond motifs is 4. The van der Waals surface area contributed by atoms with E-state index in [1.54, 1.807) is 0 Å². The van der Waals surface area contributed by atoms with Gasteiger partial charge in [0.05, 0.1) is 54.5 Å². The predicted octanol–water partition coefficient (Wildman–Crippen LogP) is 0.983. The highest BCUT2D eigenvalue weighted by Crippen LogP contribution is 2.24. The summed E-state index contributed by atoms with van der Waals surface area (Å²) in [6.07, 6.45) is 0. The van der Waals surface area contributed by atoms with E-state index in [9.17, 15) is 38.4 Å². The molecule has 0 N–H and O–H groups in total. The van der Waals surface area contributed by atoms with Gasteiger partial charge >= 0.3 is 0 Å². The maximum atomic E-state index is 13.2. The summed E-state index contributed by atoms with van der Waals surface area (Å²) in [7, 11) is 2.66. The highest BCUT2D eigenvalue weighted by atomic mass is 16.5. The van der Waals surface area contributed by atoms with Crippen LogP contribution in [0.25, 0.3) is 54.5 Å². The van der Waals surface area contributed by atoms with Crippen molar-refractivity contribution in [2.45, 2.75) is 0 Å². The lowest BCUT2D eigenvalue weighted by Gasteiger charge is -2.08. The molecular weight excluding hydrogens is 608 g/mol. The molecule has 0 fully saturated rings. The number of rotatable bonds is 4. The Balaban J connectivity index is 1.10. The molecule has 0 aliphatic carbocycles. The maximum Gasteiger partial charge on any atom is 0.266 e. The number of ether oxygens (including phenoxy) is 1. The van der Waals surface area contributed by atoms with Gasteiger partial charge in [0.25, 0.3) is 44.5 Å². The van der Waals surface area contributed by atoms with Crippen molar-refractivity contribution in [3.05, 3.63) is 156 Å². The summed E-state index contributed by atoms with van der Waals surface area (Å²) in [5.74, 6) is 0.705. The van der Waals surface area contributed by atoms with Crippen LogP contribution in [0.15, 0.2) is 111 Å². The van der Waals surface area contributed by atoms with Crippen LogP contribution in [-0.4, -0.2) is 18.3 Å². The lowest BCUT2D eigenvalue weighted by molar-refractivity contribution is 0.482. The molecule has 0 unspecified atom stereocenters. The maximum absolute atomic E-state index is 13.2. The molecule has 4 aromatic heterocycles. The standard InChI is InChI=1S/C34H18N4O9/c1-35-27(39)19-11-23-24(12-20(19)28(35)40)32(44)37(31(23)43)15-3-7-17(8-4-15)47-18-9-5-16(6-10-18)38-33(45)25-13-21-22(14-26(25)34(38)46)30(42)36(2)29(21)41/h3-14H,1-2H3. The quantitative estimate of drug-likeness (QED) is 0.277. The van der Waals surface area contributed by atoms with Crippen LogP contribution in [-0.2, 0) is 14.1 Å². The molecule has 13 heteroatoms. The molecule has 0 bridgehead atoms. The summed E-state index contributed by atoms with van der Waals surface area (Å²) in [5, 5.41) is 0.403. The Morgan fingerprint density at radius 2 is 0.596 bits per heavy atom. The van der Waals surface area contributed by atoms with E-state index in [-0.39, 0.29) is 54.5 Å². The summed E-state index contributed by atoms with van der Waals surface area (Å²) < 4.78 is 9.66. The smallest absolute Gasteiger partial charge is 0.266 e. The molecular formula is C34H18N4O9. The molecule has 8 rings (SSSR count). The predicted molar refractivity (Wildman–Crippen MR) is 174 cm³/mol. The molecule has 8 aromatic rings. The number of hydrogen-bond donors (Lipinski definition) is 0. The molecule has 0 spiro atoms. The molecule has 0 saturated heterocycles. The largest absolute Gasteiger partial charge is 0.457 e. The molecule has 13 nitrogen and oxygen atoms in total. The minimum Gasteiger partial charge on any atom is -0.457 e. The zero-order chi connectivity index (χ0) is 33.0. The van der Waals surface area contributed by atoms with Crippen LogP contribution in [0.2, 0.25) is 0 Å². The van der Waals surface area contributed by atoms with E-state index in [0.29, 0.717) is 11.5 Å². The minimum atomic E-state index is -0.629. The van der Waals surface area contributed by atoms with Crippen LogP contribution in [0.5, 0.6) is 11.5 Å². The fraction of sp³-hybridized carbons (Fsp3) is 0.0588. The molecule has 0 saturated carbocycles. The molecule has 4 heterocycles. The molecule has 228 valence electrons. The van der Waals surface area contributed by atoms with Gasteiger partial charge in [-0.25, -0.2) is 9.13 Å². The van der Waals surface area contributed by atoms with E-state index >= 15 is 0 Å². The van der Waals surface area contributed by atoms with Crippen LogP contribution in [0.4, 0.5) is 0 Å². The van der Waals surface area contributed by atoms with Crippen molar-refractivity contribution in [1.29, 1.82) is 0 Å². The normalized spacial score (nSPS) is 11.9. The SMILES string of the molecule is Cn1c(=O)c2cc3c(=O)n(-c4ccc(Oc5ccc(-n6c(=O)c7cc8c(=O)n(C)c(=O)c8cc7c6=O)cc5)cc4)c(=O)c3cc2c1=O. The van der Waals surface area contributed by atoms with Crippen molar-refractivity contribution in [1.82, 2.24) is 18.3 Å². The highest BCUT2D eigenvalue weighted by molar-refractivity contribution is 5.99. The Bertz CT molecular complexity index is 2740. The summed E-state index contributed by atoms with van der Waals surface area (Å²) in [6.45, 7) is 0. The second-order valence-electron chi connectivity index (χ2n) is 11.2. The summed E-state index contributed by atoms with van der Waals surface area (Å²) in [4.78, 5) is 102. The van der Waals surface area contributed by atoms with Gasteiger partial charge < -0.3 is 4.74 Å². The summed E-state index contributed by atoms with van der Waals surface area (Å²) in [6, 6.07) is 17.3. The van der Waals surface area contributed by atoms with Crippen molar-refractivity contribution in [2.24, 2.45) is 14.1 Å². The van der Waals surface area contributed by atoms with Crippen LogP contribution < -0.4 is 49.2 Å². The van der Waals surface area contributed by atoms with E-state index in [1.165, 1.54) is 86.9 Å². The van der Waals surface area contributed by atoms with Crippen molar-refractivity contribution < 1.29 is 4.74 Å². The van der Waals surface area contributed by atoms with Crippen LogP contribution in [0, 0.1) is 0 Å². The van der Waals surface area contributed by atoms with Crippen LogP contribution in [0.3, 0.4) is 0 Å². The Morgan fingerprint density at radius 3 is 0.851 bits per heavy atom. The topological polar surface area (TPSA) is 166 Å². The fourth-order valence-electron chi connectivity index (χ4n) is 6.12. The third-order valence-corrected chi connectivity index (χ3v) is 8.62. The lowest BCUT2D eigenvalue weighted by atomic mass is 10.1. The Morgan fingerprint density at radius 1 is 0.362 bits per heavy atom. The molecule has 0 aliphatic heterocycles. The number of benzene rings is 4. The molecule has 0 atom stereocenters. The van der Waals surface area contributed by atoms with Gasteiger partial charge in [0.15, 0.2) is 0 Å². The molecule has 47 heavy (non-hydrogen) atoms. The van der Waals surface area contributed by atoms with Gasteiger partial charge in [-0.2, -0.15) is 0 Å². The first-order valence-electron chi connectivity index (χ1n) is 14.1. The van der Waals surface area contributed by atoms with Crippen molar-refractivity contribution >= 4 is 43.1 Å². The first-order valence-corrected chi connectivity index (χ1v) is 14.1. The van der Waals surface area contributed by atoms with Gasteiger partial charge in [-0.3, -0.25) is 47.5 Å². The number of hydrogen-bond acceptors (Lipinski definition) is 9. The first-order chi connectivity index (χ1) is 22.5. The van der Waals surface area contributed by atoms with Crippen molar-refractivity contribution in [3.63, 3.8) is 0 Å². The Labute approximate surface area is 258 Å². The monoisotopic (exact) mass is 626 g/mol. The van der Waals surface area contributed by atoms with Crippen molar-refractivity contribution in [3.8, 4) is 22.9 Å². The van der Waals surface area contributed by atoms with Crippen LogP contribution >= 0.6 is 0 Å². The summed E-state index contributed by atoms with van der Waals surface area (Å²) >= 11 is 0. The van der Waals surface area contributed by atoms with Gasteiger partial charge in [0.1, 0.15) is 11.5 Å².